The molecule has 3 nitrogen and oxygen atoms in total. The Morgan fingerprint density at radius 1 is 1.44 bits per heavy atom. The average molecular weight is 257 g/mol. The fourth-order valence-corrected chi connectivity index (χ4v) is 2.07. The average Bonchev–Trinajstić information content (AvgIpc) is 2.68. The van der Waals surface area contributed by atoms with Gasteiger partial charge >= 0.3 is 6.18 Å². The molecule has 0 aromatic heterocycles. The Labute approximate surface area is 101 Å². The number of Topliss-reactive ketones (excluding diaryl/α,β-unsaturated/α-hetero) is 1. The Bertz CT molecular complexity index is 523. The van der Waals surface area contributed by atoms with E-state index < -0.39 is 23.6 Å². The maximum Gasteiger partial charge on any atom is 0.416 e. The summed E-state index contributed by atoms with van der Waals surface area (Å²) in [4.78, 5) is 22.0. The van der Waals surface area contributed by atoms with Crippen molar-refractivity contribution in [1.82, 2.24) is 5.32 Å². The summed E-state index contributed by atoms with van der Waals surface area (Å²) >= 11 is 0. The van der Waals surface area contributed by atoms with E-state index in [4.69, 9.17) is 0 Å². The number of rotatable bonds is 2. The summed E-state index contributed by atoms with van der Waals surface area (Å²) < 4.78 is 38.7. The molecule has 1 atom stereocenters. The zero-order valence-electron chi connectivity index (χ0n) is 9.47. The van der Waals surface area contributed by atoms with Crippen molar-refractivity contribution in [3.8, 4) is 0 Å². The van der Waals surface area contributed by atoms with E-state index in [-0.39, 0.29) is 23.2 Å². The second-order valence-corrected chi connectivity index (χ2v) is 4.14. The first kappa shape index (κ1) is 12.8. The van der Waals surface area contributed by atoms with Gasteiger partial charge in [-0.05, 0) is 30.2 Å². The largest absolute Gasteiger partial charge is 0.416 e. The zero-order valence-corrected chi connectivity index (χ0v) is 9.47. The molecule has 0 bridgehead atoms. The molecule has 0 saturated carbocycles. The van der Waals surface area contributed by atoms with Crippen molar-refractivity contribution >= 4 is 12.1 Å². The Hall–Kier alpha value is -1.69. The van der Waals surface area contributed by atoms with Gasteiger partial charge in [-0.1, -0.05) is 0 Å². The normalized spacial score (nSPS) is 18.6. The smallest absolute Gasteiger partial charge is 0.301 e. The molecule has 1 N–H and O–H groups in total. The minimum Gasteiger partial charge on any atom is -0.301 e. The molecule has 1 aromatic carbocycles. The molecule has 0 aliphatic carbocycles. The third-order valence-corrected chi connectivity index (χ3v) is 2.97. The fraction of sp³-hybridized carbons (Fsp3) is 0.333. The van der Waals surface area contributed by atoms with Gasteiger partial charge in [-0.3, -0.25) is 10.1 Å². The predicted molar refractivity (Wildman–Crippen MR) is 57.1 cm³/mol. The molecule has 1 heterocycles. The summed E-state index contributed by atoms with van der Waals surface area (Å²) in [5.41, 5.74) is -0.590. The van der Waals surface area contributed by atoms with E-state index in [1.54, 1.807) is 0 Å². The van der Waals surface area contributed by atoms with Gasteiger partial charge in [-0.15, -0.1) is 0 Å². The topological polar surface area (TPSA) is 46.2 Å². The van der Waals surface area contributed by atoms with Gasteiger partial charge < -0.3 is 4.79 Å². The van der Waals surface area contributed by atoms with E-state index in [0.717, 1.165) is 6.07 Å². The van der Waals surface area contributed by atoms with Gasteiger partial charge in [0.2, 0.25) is 0 Å². The summed E-state index contributed by atoms with van der Waals surface area (Å²) in [6.45, 7) is 1.17. The molecule has 6 heteroatoms. The number of hydrogen-bond acceptors (Lipinski definition) is 3. The number of benzene rings is 1. The lowest BCUT2D eigenvalue weighted by Crippen LogP contribution is -2.12. The third kappa shape index (κ3) is 2.03. The van der Waals surface area contributed by atoms with Crippen LogP contribution in [-0.2, 0) is 17.5 Å². The summed E-state index contributed by atoms with van der Waals surface area (Å²) in [5.74, 6) is -0.458. The van der Waals surface area contributed by atoms with Gasteiger partial charge in [0, 0.05) is 12.1 Å². The molecule has 96 valence electrons. The van der Waals surface area contributed by atoms with Crippen molar-refractivity contribution in [2.75, 3.05) is 0 Å². The fourth-order valence-electron chi connectivity index (χ4n) is 2.07. The first-order chi connectivity index (χ1) is 8.34. The standard InChI is InChI=1S/C12H10F3NO2/c1-6(18)7-2-8-9(4-16-11(8)5-17)10(3-7)12(13,14)15/h2-3,5,11,16H,4H2,1H3. The lowest BCUT2D eigenvalue weighted by Gasteiger charge is -2.13. The summed E-state index contributed by atoms with van der Waals surface area (Å²) in [6, 6.07) is 1.42. The van der Waals surface area contributed by atoms with Crippen molar-refractivity contribution in [3.05, 3.63) is 34.4 Å². The highest BCUT2D eigenvalue weighted by Gasteiger charge is 2.38. The van der Waals surface area contributed by atoms with Crippen LogP contribution in [0.1, 0.15) is 40.0 Å². The van der Waals surface area contributed by atoms with Crippen LogP contribution in [0.4, 0.5) is 13.2 Å². The third-order valence-electron chi connectivity index (χ3n) is 2.97. The van der Waals surface area contributed by atoms with Gasteiger partial charge in [0.25, 0.3) is 0 Å². The van der Waals surface area contributed by atoms with Gasteiger partial charge in [0.1, 0.15) is 6.29 Å². The van der Waals surface area contributed by atoms with E-state index in [1.165, 1.54) is 13.0 Å². The van der Waals surface area contributed by atoms with Crippen LogP contribution in [0.15, 0.2) is 12.1 Å². The predicted octanol–water partition coefficient (Wildman–Crippen LogP) is 2.25. The second-order valence-electron chi connectivity index (χ2n) is 4.14. The zero-order chi connectivity index (χ0) is 13.5. The summed E-state index contributed by atoms with van der Waals surface area (Å²) in [6.07, 6.45) is -4.00. The van der Waals surface area contributed by atoms with Crippen LogP contribution in [0.25, 0.3) is 0 Å². The molecule has 1 unspecified atom stereocenters. The number of nitrogens with one attached hydrogen (secondary N) is 1. The van der Waals surface area contributed by atoms with Crippen LogP contribution in [0.5, 0.6) is 0 Å². The van der Waals surface area contributed by atoms with Gasteiger partial charge in [-0.25, -0.2) is 0 Å². The van der Waals surface area contributed by atoms with Crippen LogP contribution >= 0.6 is 0 Å². The lowest BCUT2D eigenvalue weighted by molar-refractivity contribution is -0.138. The molecule has 1 aliphatic rings. The minimum absolute atomic E-state index is 0.0221. The maximum atomic E-state index is 12.9. The number of fused-ring (bicyclic) bond motifs is 1. The molecule has 0 saturated heterocycles. The lowest BCUT2D eigenvalue weighted by atomic mass is 9.95. The number of ketones is 1. The van der Waals surface area contributed by atoms with E-state index >= 15 is 0 Å². The van der Waals surface area contributed by atoms with E-state index in [2.05, 4.69) is 5.32 Å². The quantitative estimate of drug-likeness (QED) is 0.653. The molecular formula is C12H10F3NO2. The molecule has 1 aromatic rings. The minimum atomic E-state index is -4.53. The van der Waals surface area contributed by atoms with Crippen LogP contribution in [0.3, 0.4) is 0 Å². The van der Waals surface area contributed by atoms with E-state index in [0.29, 0.717) is 6.29 Å². The van der Waals surface area contributed by atoms with E-state index in [9.17, 15) is 22.8 Å². The first-order valence-electron chi connectivity index (χ1n) is 5.28. The van der Waals surface area contributed by atoms with Crippen LogP contribution in [-0.4, -0.2) is 12.1 Å². The number of carbonyl (C=O) groups excluding carboxylic acids is 2. The highest BCUT2D eigenvalue weighted by Crippen LogP contribution is 2.38. The number of alkyl halides is 3. The van der Waals surface area contributed by atoms with Gasteiger partial charge in [-0.2, -0.15) is 13.2 Å². The van der Waals surface area contributed by atoms with Crippen LogP contribution < -0.4 is 5.32 Å². The van der Waals surface area contributed by atoms with Crippen molar-refractivity contribution in [2.24, 2.45) is 0 Å². The number of carbonyl (C=O) groups is 2. The number of halogens is 3. The van der Waals surface area contributed by atoms with Gasteiger partial charge in [0.15, 0.2) is 5.78 Å². The van der Waals surface area contributed by atoms with Crippen molar-refractivity contribution in [2.45, 2.75) is 25.7 Å². The van der Waals surface area contributed by atoms with Crippen molar-refractivity contribution in [1.29, 1.82) is 0 Å². The molecule has 18 heavy (non-hydrogen) atoms. The monoisotopic (exact) mass is 257 g/mol. The highest BCUT2D eigenvalue weighted by molar-refractivity contribution is 5.95. The first-order valence-corrected chi connectivity index (χ1v) is 5.28. The van der Waals surface area contributed by atoms with Crippen LogP contribution in [0.2, 0.25) is 0 Å². The second kappa shape index (κ2) is 4.20. The summed E-state index contributed by atoms with van der Waals surface area (Å²) in [5, 5.41) is 2.67. The molecule has 0 spiro atoms. The Morgan fingerprint density at radius 2 is 2.11 bits per heavy atom. The Kier molecular flexibility index (Phi) is 2.98. The molecule has 0 radical (unpaired) electrons. The molecule has 2 rings (SSSR count). The van der Waals surface area contributed by atoms with Crippen molar-refractivity contribution < 1.29 is 22.8 Å². The Balaban J connectivity index is 2.68. The Morgan fingerprint density at radius 3 is 2.61 bits per heavy atom. The molecule has 0 fully saturated rings. The highest BCUT2D eigenvalue weighted by atomic mass is 19.4. The number of aldehydes is 1. The van der Waals surface area contributed by atoms with Crippen molar-refractivity contribution in [3.63, 3.8) is 0 Å². The number of hydrogen-bond donors (Lipinski definition) is 1. The summed E-state index contributed by atoms with van der Waals surface area (Å²) in [7, 11) is 0. The van der Waals surface area contributed by atoms with Gasteiger partial charge in [0.05, 0.1) is 11.6 Å². The van der Waals surface area contributed by atoms with E-state index in [1.807, 2.05) is 0 Å². The molecular weight excluding hydrogens is 247 g/mol. The molecule has 0 amide bonds. The van der Waals surface area contributed by atoms with Crippen LogP contribution in [0, 0.1) is 0 Å². The molecule has 1 aliphatic heterocycles. The SMILES string of the molecule is CC(=O)c1cc2c(c(C(F)(F)F)c1)CNC2C=O. The maximum absolute atomic E-state index is 12.9.